The van der Waals surface area contributed by atoms with Crippen LogP contribution in [0, 0.1) is 6.92 Å². The van der Waals surface area contributed by atoms with Crippen molar-refractivity contribution in [1.82, 2.24) is 4.72 Å². The maximum absolute atomic E-state index is 12.9. The Morgan fingerprint density at radius 1 is 1.00 bits per heavy atom. The Morgan fingerprint density at radius 2 is 1.71 bits per heavy atom. The zero-order valence-electron chi connectivity index (χ0n) is 12.9. The first-order valence-electron chi connectivity index (χ1n) is 7.34. The van der Waals surface area contributed by atoms with Crippen LogP contribution >= 0.6 is 27.3 Å². The lowest BCUT2D eigenvalue weighted by Crippen LogP contribution is -2.29. The van der Waals surface area contributed by atoms with E-state index in [2.05, 4.69) is 20.7 Å². The second kappa shape index (κ2) is 7.19. The molecule has 0 saturated carbocycles. The van der Waals surface area contributed by atoms with Crippen LogP contribution in [-0.2, 0) is 10.0 Å². The molecule has 0 aliphatic carbocycles. The number of halogens is 1. The molecule has 24 heavy (non-hydrogen) atoms. The summed E-state index contributed by atoms with van der Waals surface area (Å²) in [5, 5.41) is 1.95. The monoisotopic (exact) mass is 421 g/mol. The first kappa shape index (κ1) is 17.4. The molecule has 0 aliphatic rings. The molecule has 0 aliphatic heterocycles. The van der Waals surface area contributed by atoms with Crippen molar-refractivity contribution in [2.75, 3.05) is 0 Å². The van der Waals surface area contributed by atoms with Crippen LogP contribution in [0.4, 0.5) is 0 Å². The van der Waals surface area contributed by atoms with Crippen molar-refractivity contribution in [1.29, 1.82) is 0 Å². The molecular weight excluding hydrogens is 406 g/mol. The minimum absolute atomic E-state index is 0.235. The Bertz CT molecular complexity index is 920. The van der Waals surface area contributed by atoms with Crippen molar-refractivity contribution < 1.29 is 8.42 Å². The largest absolute Gasteiger partial charge is 0.242 e. The number of benzene rings is 2. The molecule has 3 nitrogen and oxygen atoms in total. The van der Waals surface area contributed by atoms with E-state index in [1.165, 1.54) is 11.3 Å². The summed E-state index contributed by atoms with van der Waals surface area (Å²) >= 11 is 4.85. The fraction of sp³-hybridized carbons (Fsp3) is 0.111. The molecule has 0 unspecified atom stereocenters. The Hall–Kier alpha value is -1.47. The van der Waals surface area contributed by atoms with Crippen LogP contribution in [0.25, 0.3) is 0 Å². The quantitative estimate of drug-likeness (QED) is 0.637. The van der Waals surface area contributed by atoms with E-state index in [1.807, 2.05) is 48.7 Å². The van der Waals surface area contributed by atoms with E-state index in [9.17, 15) is 8.42 Å². The van der Waals surface area contributed by atoms with Crippen molar-refractivity contribution in [3.8, 4) is 0 Å². The highest BCUT2D eigenvalue weighted by Gasteiger charge is 2.25. The Morgan fingerprint density at radius 3 is 2.33 bits per heavy atom. The lowest BCUT2D eigenvalue weighted by molar-refractivity contribution is 0.573. The lowest BCUT2D eigenvalue weighted by atomic mass is 10.0. The summed E-state index contributed by atoms with van der Waals surface area (Å²) in [7, 11) is -3.66. The molecule has 0 fully saturated rings. The van der Waals surface area contributed by atoms with Gasteiger partial charge in [0.25, 0.3) is 0 Å². The van der Waals surface area contributed by atoms with Gasteiger partial charge in [0.05, 0.1) is 10.9 Å². The molecule has 1 heterocycles. The number of nitrogens with one attached hydrogen (secondary N) is 1. The van der Waals surface area contributed by atoms with Crippen LogP contribution in [-0.4, -0.2) is 8.42 Å². The highest BCUT2D eigenvalue weighted by Crippen LogP contribution is 2.29. The predicted molar refractivity (Wildman–Crippen MR) is 102 cm³/mol. The highest BCUT2D eigenvalue weighted by molar-refractivity contribution is 9.10. The summed E-state index contributed by atoms with van der Waals surface area (Å²) in [6.07, 6.45) is 0. The van der Waals surface area contributed by atoms with Crippen LogP contribution in [0.1, 0.15) is 22.0 Å². The number of hydrogen-bond acceptors (Lipinski definition) is 3. The van der Waals surface area contributed by atoms with Crippen LogP contribution in [0.2, 0.25) is 0 Å². The van der Waals surface area contributed by atoms with E-state index in [1.54, 1.807) is 24.3 Å². The van der Waals surface area contributed by atoms with Gasteiger partial charge in [-0.15, -0.1) is 11.3 Å². The number of hydrogen-bond donors (Lipinski definition) is 1. The third-order valence-electron chi connectivity index (χ3n) is 3.64. The summed E-state index contributed by atoms with van der Waals surface area (Å²) in [5.41, 5.74) is 2.05. The minimum Gasteiger partial charge on any atom is -0.207 e. The van der Waals surface area contributed by atoms with E-state index >= 15 is 0 Å². The number of rotatable bonds is 5. The van der Waals surface area contributed by atoms with E-state index < -0.39 is 16.1 Å². The molecule has 3 rings (SSSR count). The minimum atomic E-state index is -3.66. The molecule has 124 valence electrons. The van der Waals surface area contributed by atoms with Gasteiger partial charge in [0.1, 0.15) is 0 Å². The smallest absolute Gasteiger partial charge is 0.207 e. The molecule has 0 saturated heterocycles. The molecule has 2 aromatic carbocycles. The number of thiophene rings is 1. The van der Waals surface area contributed by atoms with E-state index in [0.717, 1.165) is 16.0 Å². The average Bonchev–Trinajstić information content (AvgIpc) is 3.08. The van der Waals surface area contributed by atoms with Crippen molar-refractivity contribution >= 4 is 37.3 Å². The van der Waals surface area contributed by atoms with Gasteiger partial charge in [-0.2, -0.15) is 4.72 Å². The van der Waals surface area contributed by atoms with Crippen LogP contribution in [0.15, 0.2) is 75.4 Å². The van der Waals surface area contributed by atoms with Gasteiger partial charge < -0.3 is 0 Å². The van der Waals surface area contributed by atoms with E-state index in [4.69, 9.17) is 0 Å². The number of sulfonamides is 1. The highest BCUT2D eigenvalue weighted by atomic mass is 79.9. The van der Waals surface area contributed by atoms with Gasteiger partial charge >= 0.3 is 0 Å². The third kappa shape index (κ3) is 3.78. The second-order valence-corrected chi connectivity index (χ2v) is 8.93. The molecule has 0 spiro atoms. The van der Waals surface area contributed by atoms with Gasteiger partial charge in [-0.25, -0.2) is 8.42 Å². The average molecular weight is 422 g/mol. The normalized spacial score (nSPS) is 12.9. The standard InChI is InChI=1S/C18H16BrNO2S2/c1-13-8-10-14(11-9-13)18(16-6-4-12-23-16)20-24(21,22)17-7-3-2-5-15(17)19/h2-12,18,20H,1H3/t18-/m1/s1. The first-order chi connectivity index (χ1) is 11.5. The summed E-state index contributed by atoms with van der Waals surface area (Å²) in [6.45, 7) is 2.01. The SMILES string of the molecule is Cc1ccc([C@@H](NS(=O)(=O)c2ccccc2Br)c2cccs2)cc1. The Balaban J connectivity index is 2.01. The Labute approximate surface area is 154 Å². The van der Waals surface area contributed by atoms with Crippen LogP contribution in [0.5, 0.6) is 0 Å². The summed E-state index contributed by atoms with van der Waals surface area (Å²) < 4.78 is 29.1. The molecule has 1 N–H and O–H groups in total. The summed E-state index contributed by atoms with van der Waals surface area (Å²) in [6, 6.07) is 18.2. The zero-order valence-corrected chi connectivity index (χ0v) is 16.2. The third-order valence-corrected chi connectivity index (χ3v) is 7.01. The van der Waals surface area contributed by atoms with Gasteiger partial charge in [-0.3, -0.25) is 0 Å². The van der Waals surface area contributed by atoms with Crippen LogP contribution < -0.4 is 4.72 Å². The molecule has 1 aromatic heterocycles. The molecule has 6 heteroatoms. The predicted octanol–water partition coefficient (Wildman–Crippen LogP) is 4.89. The van der Waals surface area contributed by atoms with E-state index in [0.29, 0.717) is 4.47 Å². The molecule has 0 radical (unpaired) electrons. The van der Waals surface area contributed by atoms with Crippen LogP contribution in [0.3, 0.4) is 0 Å². The molecule has 0 amide bonds. The molecule has 0 bridgehead atoms. The van der Waals surface area contributed by atoms with E-state index in [-0.39, 0.29) is 4.90 Å². The Kier molecular flexibility index (Phi) is 5.20. The van der Waals surface area contributed by atoms with Crippen molar-refractivity contribution in [2.24, 2.45) is 0 Å². The fourth-order valence-corrected chi connectivity index (χ4v) is 5.47. The molecular formula is C18H16BrNO2S2. The lowest BCUT2D eigenvalue weighted by Gasteiger charge is -2.19. The maximum atomic E-state index is 12.9. The summed E-state index contributed by atoms with van der Waals surface area (Å²) in [5.74, 6) is 0. The first-order valence-corrected chi connectivity index (χ1v) is 10.5. The number of aryl methyl sites for hydroxylation is 1. The fourth-order valence-electron chi connectivity index (χ4n) is 2.39. The summed E-state index contributed by atoms with van der Waals surface area (Å²) in [4.78, 5) is 1.19. The zero-order chi connectivity index (χ0) is 17.2. The van der Waals surface area contributed by atoms with Gasteiger partial charge in [-0.05, 0) is 52.0 Å². The van der Waals surface area contributed by atoms with Gasteiger partial charge in [-0.1, -0.05) is 48.0 Å². The molecule has 3 aromatic rings. The maximum Gasteiger partial charge on any atom is 0.242 e. The second-order valence-electron chi connectivity index (χ2n) is 5.41. The van der Waals surface area contributed by atoms with Crippen molar-refractivity contribution in [3.63, 3.8) is 0 Å². The van der Waals surface area contributed by atoms with Crippen molar-refractivity contribution in [3.05, 3.63) is 86.5 Å². The topological polar surface area (TPSA) is 46.2 Å². The van der Waals surface area contributed by atoms with Gasteiger partial charge in [0.2, 0.25) is 10.0 Å². The van der Waals surface area contributed by atoms with Gasteiger partial charge in [0, 0.05) is 9.35 Å². The molecule has 1 atom stereocenters. The van der Waals surface area contributed by atoms with Gasteiger partial charge in [0.15, 0.2) is 0 Å². The van der Waals surface area contributed by atoms with Crippen molar-refractivity contribution in [2.45, 2.75) is 17.9 Å².